The van der Waals surface area contributed by atoms with Crippen molar-refractivity contribution in [3.05, 3.63) is 23.8 Å². The van der Waals surface area contributed by atoms with E-state index < -0.39 is 0 Å². The SMILES string of the molecule is COc1ccc(OC)c(CNC(C)C(=O)NCC(C)C)c1. The summed E-state index contributed by atoms with van der Waals surface area (Å²) in [5.74, 6) is 1.99. The average molecular weight is 294 g/mol. The second-order valence-electron chi connectivity index (χ2n) is 5.42. The Balaban J connectivity index is 2.59. The Morgan fingerprint density at radius 3 is 2.48 bits per heavy atom. The van der Waals surface area contributed by atoms with Crippen LogP contribution in [0.4, 0.5) is 0 Å². The Bertz CT molecular complexity index is 461. The third-order valence-corrected chi connectivity index (χ3v) is 3.16. The zero-order valence-corrected chi connectivity index (χ0v) is 13.5. The molecule has 2 N–H and O–H groups in total. The lowest BCUT2D eigenvalue weighted by atomic mass is 10.1. The van der Waals surface area contributed by atoms with E-state index in [0.717, 1.165) is 17.1 Å². The second kappa shape index (κ2) is 8.52. The first-order chi connectivity index (χ1) is 9.97. The van der Waals surface area contributed by atoms with Crippen LogP contribution in [-0.2, 0) is 11.3 Å². The van der Waals surface area contributed by atoms with Gasteiger partial charge in [0.1, 0.15) is 11.5 Å². The molecule has 0 aliphatic rings. The fraction of sp³-hybridized carbons (Fsp3) is 0.562. The van der Waals surface area contributed by atoms with Crippen LogP contribution in [0, 0.1) is 5.92 Å². The van der Waals surface area contributed by atoms with Crippen molar-refractivity contribution in [2.45, 2.75) is 33.4 Å². The maximum atomic E-state index is 11.9. The van der Waals surface area contributed by atoms with Gasteiger partial charge >= 0.3 is 0 Å². The summed E-state index contributed by atoms with van der Waals surface area (Å²) in [6.45, 7) is 7.21. The fourth-order valence-electron chi connectivity index (χ4n) is 1.83. The number of ether oxygens (including phenoxy) is 2. The molecule has 1 unspecified atom stereocenters. The molecule has 1 amide bonds. The quantitative estimate of drug-likeness (QED) is 0.769. The standard InChI is InChI=1S/C16H26N2O3/c1-11(2)9-18-16(19)12(3)17-10-13-8-14(20-4)6-7-15(13)21-5/h6-8,11-12,17H,9-10H2,1-5H3,(H,18,19). The molecule has 21 heavy (non-hydrogen) atoms. The maximum absolute atomic E-state index is 11.9. The van der Waals surface area contributed by atoms with Gasteiger partial charge in [0.25, 0.3) is 0 Å². The van der Waals surface area contributed by atoms with Gasteiger partial charge in [-0.3, -0.25) is 4.79 Å². The predicted octanol–water partition coefficient (Wildman–Crippen LogP) is 1.95. The van der Waals surface area contributed by atoms with E-state index in [-0.39, 0.29) is 11.9 Å². The highest BCUT2D eigenvalue weighted by Crippen LogP contribution is 2.23. The number of methoxy groups -OCH3 is 2. The summed E-state index contributed by atoms with van der Waals surface area (Å²) in [4.78, 5) is 11.9. The van der Waals surface area contributed by atoms with Crippen LogP contribution in [0.15, 0.2) is 18.2 Å². The van der Waals surface area contributed by atoms with Gasteiger partial charge in [-0.25, -0.2) is 0 Å². The maximum Gasteiger partial charge on any atom is 0.236 e. The Labute approximate surface area is 127 Å². The van der Waals surface area contributed by atoms with Crippen molar-refractivity contribution >= 4 is 5.91 Å². The average Bonchev–Trinajstić information content (AvgIpc) is 2.49. The molecule has 0 bridgehead atoms. The first-order valence-corrected chi connectivity index (χ1v) is 7.20. The monoisotopic (exact) mass is 294 g/mol. The third-order valence-electron chi connectivity index (χ3n) is 3.16. The zero-order valence-electron chi connectivity index (χ0n) is 13.5. The molecule has 0 aliphatic heterocycles. The molecule has 0 fully saturated rings. The molecule has 5 heteroatoms. The fourth-order valence-corrected chi connectivity index (χ4v) is 1.83. The van der Waals surface area contributed by atoms with Crippen LogP contribution in [-0.4, -0.2) is 32.7 Å². The first kappa shape index (κ1) is 17.3. The lowest BCUT2D eigenvalue weighted by molar-refractivity contribution is -0.122. The lowest BCUT2D eigenvalue weighted by Gasteiger charge is -2.16. The van der Waals surface area contributed by atoms with Crippen LogP contribution in [0.3, 0.4) is 0 Å². The van der Waals surface area contributed by atoms with Crippen LogP contribution in [0.2, 0.25) is 0 Å². The van der Waals surface area contributed by atoms with Gasteiger partial charge in [-0.15, -0.1) is 0 Å². The van der Waals surface area contributed by atoms with E-state index in [2.05, 4.69) is 24.5 Å². The molecule has 0 spiro atoms. The number of rotatable bonds is 8. The van der Waals surface area contributed by atoms with E-state index in [1.807, 2.05) is 25.1 Å². The van der Waals surface area contributed by atoms with Crippen molar-refractivity contribution in [1.82, 2.24) is 10.6 Å². The van der Waals surface area contributed by atoms with Crippen LogP contribution >= 0.6 is 0 Å². The second-order valence-corrected chi connectivity index (χ2v) is 5.42. The highest BCUT2D eigenvalue weighted by molar-refractivity contribution is 5.81. The normalized spacial score (nSPS) is 12.1. The van der Waals surface area contributed by atoms with Crippen LogP contribution in [0.1, 0.15) is 26.3 Å². The lowest BCUT2D eigenvalue weighted by Crippen LogP contribution is -2.43. The van der Waals surface area contributed by atoms with Gasteiger partial charge in [0.2, 0.25) is 5.91 Å². The van der Waals surface area contributed by atoms with Crippen molar-refractivity contribution in [3.63, 3.8) is 0 Å². The van der Waals surface area contributed by atoms with Crippen molar-refractivity contribution < 1.29 is 14.3 Å². The number of hydrogen-bond acceptors (Lipinski definition) is 4. The highest BCUT2D eigenvalue weighted by Gasteiger charge is 2.13. The summed E-state index contributed by atoms with van der Waals surface area (Å²) in [6.07, 6.45) is 0. The summed E-state index contributed by atoms with van der Waals surface area (Å²) in [7, 11) is 3.26. The molecule has 0 saturated carbocycles. The molecule has 0 aromatic heterocycles. The first-order valence-electron chi connectivity index (χ1n) is 7.20. The summed E-state index contributed by atoms with van der Waals surface area (Å²) >= 11 is 0. The van der Waals surface area contributed by atoms with Gasteiger partial charge in [0, 0.05) is 18.7 Å². The number of nitrogens with one attached hydrogen (secondary N) is 2. The molecule has 1 rings (SSSR count). The topological polar surface area (TPSA) is 59.6 Å². The van der Waals surface area contributed by atoms with E-state index in [1.165, 1.54) is 0 Å². The minimum atomic E-state index is -0.264. The van der Waals surface area contributed by atoms with Gasteiger partial charge in [-0.2, -0.15) is 0 Å². The van der Waals surface area contributed by atoms with Crippen LogP contribution in [0.25, 0.3) is 0 Å². The summed E-state index contributed by atoms with van der Waals surface area (Å²) in [5, 5.41) is 6.11. The molecular formula is C16H26N2O3. The highest BCUT2D eigenvalue weighted by atomic mass is 16.5. The summed E-state index contributed by atoms with van der Waals surface area (Å²) in [5.41, 5.74) is 0.959. The number of carbonyl (C=O) groups is 1. The zero-order chi connectivity index (χ0) is 15.8. The van der Waals surface area contributed by atoms with Crippen molar-refractivity contribution in [1.29, 1.82) is 0 Å². The van der Waals surface area contributed by atoms with Gasteiger partial charge in [0.05, 0.1) is 20.3 Å². The summed E-state index contributed by atoms with van der Waals surface area (Å²) in [6, 6.07) is 5.35. The number of benzene rings is 1. The van der Waals surface area contributed by atoms with Gasteiger partial charge in [-0.05, 0) is 31.0 Å². The molecule has 0 aliphatic carbocycles. The molecule has 1 aromatic carbocycles. The van der Waals surface area contributed by atoms with Crippen molar-refractivity contribution in [2.24, 2.45) is 5.92 Å². The summed E-state index contributed by atoms with van der Waals surface area (Å²) < 4.78 is 10.5. The molecule has 1 aromatic rings. The molecule has 0 heterocycles. The molecule has 0 radical (unpaired) electrons. The predicted molar refractivity (Wildman–Crippen MR) is 83.7 cm³/mol. The van der Waals surface area contributed by atoms with E-state index in [9.17, 15) is 4.79 Å². The van der Waals surface area contributed by atoms with Crippen LogP contribution in [0.5, 0.6) is 11.5 Å². The van der Waals surface area contributed by atoms with Gasteiger partial charge in [0.15, 0.2) is 0 Å². The Hall–Kier alpha value is -1.75. The molecule has 5 nitrogen and oxygen atoms in total. The van der Waals surface area contributed by atoms with Crippen LogP contribution < -0.4 is 20.1 Å². The number of amides is 1. The number of carbonyl (C=O) groups excluding carboxylic acids is 1. The minimum absolute atomic E-state index is 0.00515. The third kappa shape index (κ3) is 5.63. The Morgan fingerprint density at radius 2 is 1.90 bits per heavy atom. The Kier molecular flexibility index (Phi) is 7.02. The van der Waals surface area contributed by atoms with Crippen molar-refractivity contribution in [2.75, 3.05) is 20.8 Å². The van der Waals surface area contributed by atoms with E-state index >= 15 is 0 Å². The van der Waals surface area contributed by atoms with E-state index in [0.29, 0.717) is 19.0 Å². The minimum Gasteiger partial charge on any atom is -0.497 e. The smallest absolute Gasteiger partial charge is 0.236 e. The number of hydrogen-bond donors (Lipinski definition) is 2. The van der Waals surface area contributed by atoms with E-state index in [4.69, 9.17) is 9.47 Å². The molecule has 118 valence electrons. The van der Waals surface area contributed by atoms with Crippen molar-refractivity contribution in [3.8, 4) is 11.5 Å². The van der Waals surface area contributed by atoms with E-state index in [1.54, 1.807) is 14.2 Å². The van der Waals surface area contributed by atoms with Gasteiger partial charge in [-0.1, -0.05) is 13.8 Å². The molecule has 1 atom stereocenters. The largest absolute Gasteiger partial charge is 0.497 e. The Morgan fingerprint density at radius 1 is 1.19 bits per heavy atom. The molecule has 0 saturated heterocycles. The van der Waals surface area contributed by atoms with Gasteiger partial charge < -0.3 is 20.1 Å². The molecular weight excluding hydrogens is 268 g/mol.